The molecule has 2 amide bonds. The lowest BCUT2D eigenvalue weighted by atomic mass is 9.93. The summed E-state index contributed by atoms with van der Waals surface area (Å²) >= 11 is 0. The highest BCUT2D eigenvalue weighted by Gasteiger charge is 2.29. The van der Waals surface area contributed by atoms with Gasteiger partial charge in [0, 0.05) is 43.9 Å². The minimum atomic E-state index is -0.268. The number of aromatic nitrogens is 3. The van der Waals surface area contributed by atoms with Crippen LogP contribution in [0.25, 0.3) is 0 Å². The van der Waals surface area contributed by atoms with Crippen molar-refractivity contribution in [3.05, 3.63) is 45.6 Å². The van der Waals surface area contributed by atoms with Crippen molar-refractivity contribution >= 4 is 17.5 Å². The summed E-state index contributed by atoms with van der Waals surface area (Å²) in [6, 6.07) is 0. The van der Waals surface area contributed by atoms with Gasteiger partial charge in [-0.1, -0.05) is 0 Å². The topological polar surface area (TPSA) is 111 Å². The van der Waals surface area contributed by atoms with Crippen molar-refractivity contribution < 1.29 is 9.59 Å². The highest BCUT2D eigenvalue weighted by molar-refractivity contribution is 5.94. The summed E-state index contributed by atoms with van der Waals surface area (Å²) in [6.45, 7) is 4.20. The van der Waals surface area contributed by atoms with E-state index in [9.17, 15) is 14.4 Å². The summed E-state index contributed by atoms with van der Waals surface area (Å²) in [7, 11) is 0. The number of aromatic amines is 2. The third-order valence-electron chi connectivity index (χ3n) is 4.46. The number of piperidine rings is 1. The lowest BCUT2D eigenvalue weighted by Gasteiger charge is -2.32. The maximum Gasteiger partial charge on any atom is 0.259 e. The Hall–Kier alpha value is -2.90. The number of likely N-dealkylation sites (tertiary alicyclic amines) is 1. The standard InChI is InChI=1S/C17H21N5O3/c1-10-6-18-7-13(16(10)24)17(25)22-5-3-4-12(9-22)15-14(8-19-21-15)20-11(2)23/h6-8,12H,3-5,9H2,1-2H3,(H,18,24)(H,19,21)(H,20,23). The molecule has 132 valence electrons. The summed E-state index contributed by atoms with van der Waals surface area (Å²) in [5, 5.41) is 9.69. The monoisotopic (exact) mass is 343 g/mol. The van der Waals surface area contributed by atoms with Crippen molar-refractivity contribution in [1.82, 2.24) is 20.1 Å². The number of hydrogen-bond donors (Lipinski definition) is 3. The molecule has 0 aromatic carbocycles. The third-order valence-corrected chi connectivity index (χ3v) is 4.46. The van der Waals surface area contributed by atoms with Gasteiger partial charge in [0.15, 0.2) is 5.43 Å². The molecule has 2 aromatic rings. The fourth-order valence-corrected chi connectivity index (χ4v) is 3.22. The molecule has 1 fully saturated rings. The SMILES string of the molecule is CC(=O)Nc1cn[nH]c1C1CCCN(C(=O)c2c[nH]cc(C)c2=O)C1. The summed E-state index contributed by atoms with van der Waals surface area (Å²) in [5.74, 6) is -0.404. The van der Waals surface area contributed by atoms with Gasteiger partial charge < -0.3 is 15.2 Å². The first-order chi connectivity index (χ1) is 12.0. The zero-order valence-corrected chi connectivity index (χ0v) is 14.3. The van der Waals surface area contributed by atoms with Crippen molar-refractivity contribution in [2.45, 2.75) is 32.6 Å². The molecule has 0 saturated carbocycles. The highest BCUT2D eigenvalue weighted by Crippen LogP contribution is 2.30. The molecule has 0 aliphatic carbocycles. The summed E-state index contributed by atoms with van der Waals surface area (Å²) in [6.07, 6.45) is 6.31. The van der Waals surface area contributed by atoms with Gasteiger partial charge in [-0.25, -0.2) is 0 Å². The van der Waals surface area contributed by atoms with Gasteiger partial charge in [-0.05, 0) is 19.8 Å². The second kappa shape index (κ2) is 6.92. The van der Waals surface area contributed by atoms with Crippen LogP contribution in [0, 0.1) is 6.92 Å². The minimum absolute atomic E-state index is 0.0333. The number of rotatable bonds is 3. The number of carbonyl (C=O) groups excluding carboxylic acids is 2. The third kappa shape index (κ3) is 3.47. The van der Waals surface area contributed by atoms with E-state index >= 15 is 0 Å². The van der Waals surface area contributed by atoms with Crippen molar-refractivity contribution in [3.63, 3.8) is 0 Å². The van der Waals surface area contributed by atoms with E-state index in [1.165, 1.54) is 13.1 Å². The molecule has 3 N–H and O–H groups in total. The molecule has 1 aliphatic rings. The number of hydrogen-bond acceptors (Lipinski definition) is 4. The number of nitrogens with one attached hydrogen (secondary N) is 3. The van der Waals surface area contributed by atoms with E-state index in [-0.39, 0.29) is 28.7 Å². The Bertz CT molecular complexity index is 854. The molecule has 25 heavy (non-hydrogen) atoms. The molecule has 1 aliphatic heterocycles. The Morgan fingerprint density at radius 2 is 2.16 bits per heavy atom. The van der Waals surface area contributed by atoms with Crippen molar-refractivity contribution in [3.8, 4) is 0 Å². The Balaban J connectivity index is 1.81. The van der Waals surface area contributed by atoms with E-state index in [1.54, 1.807) is 24.2 Å². The van der Waals surface area contributed by atoms with E-state index < -0.39 is 0 Å². The molecule has 0 spiro atoms. The fourth-order valence-electron chi connectivity index (χ4n) is 3.22. The molecule has 3 heterocycles. The second-order valence-electron chi connectivity index (χ2n) is 6.35. The Labute approximate surface area is 144 Å². The quantitative estimate of drug-likeness (QED) is 0.782. The number of aryl methyl sites for hydroxylation is 1. The van der Waals surface area contributed by atoms with Crippen LogP contribution in [0.1, 0.15) is 47.3 Å². The van der Waals surface area contributed by atoms with Gasteiger partial charge in [0.25, 0.3) is 5.91 Å². The first kappa shape index (κ1) is 16.9. The van der Waals surface area contributed by atoms with Crippen LogP contribution in [-0.2, 0) is 4.79 Å². The molecule has 0 bridgehead atoms. The van der Waals surface area contributed by atoms with Gasteiger partial charge in [-0.15, -0.1) is 0 Å². The van der Waals surface area contributed by atoms with E-state index in [1.807, 2.05) is 0 Å². The number of pyridine rings is 1. The Kier molecular flexibility index (Phi) is 4.69. The summed E-state index contributed by atoms with van der Waals surface area (Å²) in [4.78, 5) is 40.8. The number of nitrogens with zero attached hydrogens (tertiary/aromatic N) is 2. The Morgan fingerprint density at radius 3 is 2.92 bits per heavy atom. The zero-order valence-electron chi connectivity index (χ0n) is 14.3. The molecule has 1 saturated heterocycles. The maximum absolute atomic E-state index is 12.8. The first-order valence-corrected chi connectivity index (χ1v) is 8.25. The van der Waals surface area contributed by atoms with E-state index in [0.717, 1.165) is 18.5 Å². The zero-order chi connectivity index (χ0) is 18.0. The minimum Gasteiger partial charge on any atom is -0.366 e. The van der Waals surface area contributed by atoms with E-state index in [4.69, 9.17) is 0 Å². The molecule has 3 rings (SSSR count). The van der Waals surface area contributed by atoms with Crippen LogP contribution < -0.4 is 10.7 Å². The average Bonchev–Trinajstić information content (AvgIpc) is 3.04. The van der Waals surface area contributed by atoms with Crippen LogP contribution in [0.2, 0.25) is 0 Å². The molecular weight excluding hydrogens is 322 g/mol. The van der Waals surface area contributed by atoms with Crippen LogP contribution in [0.3, 0.4) is 0 Å². The van der Waals surface area contributed by atoms with Crippen LogP contribution in [0.15, 0.2) is 23.4 Å². The highest BCUT2D eigenvalue weighted by atomic mass is 16.2. The van der Waals surface area contributed by atoms with Gasteiger partial charge in [0.2, 0.25) is 5.91 Å². The van der Waals surface area contributed by atoms with Gasteiger partial charge in [-0.2, -0.15) is 5.10 Å². The Morgan fingerprint density at radius 1 is 1.36 bits per heavy atom. The van der Waals surface area contributed by atoms with E-state index in [0.29, 0.717) is 24.3 Å². The largest absolute Gasteiger partial charge is 0.366 e. The molecule has 8 heteroatoms. The average molecular weight is 343 g/mol. The number of H-pyrrole nitrogens is 2. The second-order valence-corrected chi connectivity index (χ2v) is 6.35. The lowest BCUT2D eigenvalue weighted by molar-refractivity contribution is -0.114. The van der Waals surface area contributed by atoms with Gasteiger partial charge in [0.05, 0.1) is 17.6 Å². The van der Waals surface area contributed by atoms with Crippen LogP contribution in [-0.4, -0.2) is 45.0 Å². The van der Waals surface area contributed by atoms with Crippen LogP contribution in [0.5, 0.6) is 0 Å². The number of anilines is 1. The number of amides is 2. The summed E-state index contributed by atoms with van der Waals surface area (Å²) in [5.41, 5.74) is 1.88. The van der Waals surface area contributed by atoms with Gasteiger partial charge >= 0.3 is 0 Å². The van der Waals surface area contributed by atoms with Gasteiger partial charge in [-0.3, -0.25) is 19.5 Å². The maximum atomic E-state index is 12.8. The normalized spacial score (nSPS) is 17.4. The molecule has 1 atom stereocenters. The predicted octanol–water partition coefficient (Wildman–Crippen LogP) is 1.38. The van der Waals surface area contributed by atoms with Crippen molar-refractivity contribution in [1.29, 1.82) is 0 Å². The first-order valence-electron chi connectivity index (χ1n) is 8.25. The van der Waals surface area contributed by atoms with Crippen LogP contribution >= 0.6 is 0 Å². The summed E-state index contributed by atoms with van der Waals surface area (Å²) < 4.78 is 0. The number of carbonyl (C=O) groups is 2. The van der Waals surface area contributed by atoms with E-state index in [2.05, 4.69) is 20.5 Å². The van der Waals surface area contributed by atoms with Crippen molar-refractivity contribution in [2.75, 3.05) is 18.4 Å². The predicted molar refractivity (Wildman–Crippen MR) is 92.6 cm³/mol. The lowest BCUT2D eigenvalue weighted by Crippen LogP contribution is -2.41. The molecular formula is C17H21N5O3. The molecule has 2 aromatic heterocycles. The van der Waals surface area contributed by atoms with Crippen molar-refractivity contribution in [2.24, 2.45) is 0 Å². The molecule has 8 nitrogen and oxygen atoms in total. The fraction of sp³-hybridized carbons (Fsp3) is 0.412. The van der Waals surface area contributed by atoms with Gasteiger partial charge in [0.1, 0.15) is 5.56 Å². The van der Waals surface area contributed by atoms with Crippen LogP contribution in [0.4, 0.5) is 5.69 Å². The smallest absolute Gasteiger partial charge is 0.259 e. The molecule has 1 unspecified atom stereocenters. The molecule has 0 radical (unpaired) electrons.